The molecular formula is C22H25N5O2S. The summed E-state index contributed by atoms with van der Waals surface area (Å²) in [6.45, 7) is 8.46. The summed E-state index contributed by atoms with van der Waals surface area (Å²) in [5.41, 5.74) is 7.37. The molecule has 0 bridgehead atoms. The van der Waals surface area contributed by atoms with Crippen LogP contribution in [0.15, 0.2) is 47.6 Å². The quantitative estimate of drug-likeness (QED) is 0.646. The third-order valence-corrected chi connectivity index (χ3v) is 6.27. The summed E-state index contributed by atoms with van der Waals surface area (Å²) < 4.78 is 7.40. The summed E-state index contributed by atoms with van der Waals surface area (Å²) in [4.78, 5) is 13.3. The van der Waals surface area contributed by atoms with Crippen LogP contribution in [0.5, 0.6) is 5.75 Å². The fourth-order valence-corrected chi connectivity index (χ4v) is 4.55. The SMILES string of the molecule is CCOc1ccc(C2Nn3c(C)nnc3SC2C(=O)Nc2cc(C)ccc2C)cc1. The van der Waals surface area contributed by atoms with E-state index in [0.717, 1.165) is 34.0 Å². The Labute approximate surface area is 180 Å². The van der Waals surface area contributed by atoms with Crippen LogP contribution in [0.25, 0.3) is 0 Å². The Hall–Kier alpha value is -3.00. The topological polar surface area (TPSA) is 81.1 Å². The van der Waals surface area contributed by atoms with Gasteiger partial charge in [0.25, 0.3) is 0 Å². The molecule has 7 nitrogen and oxygen atoms in total. The number of benzene rings is 2. The molecule has 156 valence electrons. The van der Waals surface area contributed by atoms with Gasteiger partial charge in [-0.2, -0.15) is 0 Å². The van der Waals surface area contributed by atoms with Crippen molar-refractivity contribution < 1.29 is 9.53 Å². The highest BCUT2D eigenvalue weighted by atomic mass is 32.2. The molecule has 2 unspecified atom stereocenters. The van der Waals surface area contributed by atoms with Gasteiger partial charge in [-0.25, -0.2) is 4.68 Å². The number of hydrogen-bond donors (Lipinski definition) is 2. The maximum Gasteiger partial charge on any atom is 0.240 e. The predicted molar refractivity (Wildman–Crippen MR) is 119 cm³/mol. The molecule has 1 aliphatic heterocycles. The molecular weight excluding hydrogens is 398 g/mol. The highest BCUT2D eigenvalue weighted by molar-refractivity contribution is 8.00. The lowest BCUT2D eigenvalue weighted by atomic mass is 10.0. The van der Waals surface area contributed by atoms with Crippen molar-refractivity contribution >= 4 is 23.4 Å². The van der Waals surface area contributed by atoms with E-state index in [2.05, 4.69) is 20.9 Å². The Bertz CT molecular complexity index is 1060. The minimum Gasteiger partial charge on any atom is -0.494 e. The Morgan fingerprint density at radius 2 is 1.93 bits per heavy atom. The smallest absolute Gasteiger partial charge is 0.240 e. The van der Waals surface area contributed by atoms with E-state index in [9.17, 15) is 4.79 Å². The molecule has 2 heterocycles. The number of ether oxygens (including phenoxy) is 1. The standard InChI is InChI=1S/C22H25N5O2S/c1-5-29-17-10-8-16(9-11-17)19-20(30-22-25-24-15(4)27(22)26-19)21(28)23-18-12-13(2)6-7-14(18)3/h6-12,19-20,26H,5H2,1-4H3,(H,23,28). The third-order valence-electron chi connectivity index (χ3n) is 5.06. The van der Waals surface area contributed by atoms with Crippen LogP contribution in [-0.4, -0.2) is 32.6 Å². The molecule has 2 aromatic carbocycles. The van der Waals surface area contributed by atoms with Crippen LogP contribution in [0.2, 0.25) is 0 Å². The molecule has 4 rings (SSSR count). The highest BCUT2D eigenvalue weighted by Gasteiger charge is 2.37. The third kappa shape index (κ3) is 4.00. The van der Waals surface area contributed by atoms with Crippen LogP contribution in [-0.2, 0) is 4.79 Å². The second-order valence-corrected chi connectivity index (χ2v) is 8.43. The zero-order valence-corrected chi connectivity index (χ0v) is 18.3. The maximum atomic E-state index is 13.3. The lowest BCUT2D eigenvalue weighted by molar-refractivity contribution is -0.116. The maximum absolute atomic E-state index is 13.3. The number of rotatable bonds is 5. The molecule has 1 aromatic heterocycles. The zero-order chi connectivity index (χ0) is 21.3. The first kappa shape index (κ1) is 20.3. The van der Waals surface area contributed by atoms with Crippen molar-refractivity contribution in [2.75, 3.05) is 17.3 Å². The monoisotopic (exact) mass is 423 g/mol. The summed E-state index contributed by atoms with van der Waals surface area (Å²) in [6.07, 6.45) is 0. The summed E-state index contributed by atoms with van der Waals surface area (Å²) in [5.74, 6) is 1.48. The van der Waals surface area contributed by atoms with Gasteiger partial charge >= 0.3 is 0 Å². The van der Waals surface area contributed by atoms with E-state index in [1.54, 1.807) is 0 Å². The van der Waals surface area contributed by atoms with Gasteiger partial charge in [0.05, 0.1) is 12.6 Å². The average molecular weight is 424 g/mol. The van der Waals surface area contributed by atoms with Crippen molar-refractivity contribution in [3.05, 3.63) is 65.0 Å². The number of fused-ring (bicyclic) bond motifs is 1. The number of carbonyl (C=O) groups excluding carboxylic acids is 1. The van der Waals surface area contributed by atoms with Gasteiger partial charge in [-0.3, -0.25) is 4.79 Å². The van der Waals surface area contributed by atoms with Gasteiger partial charge < -0.3 is 15.5 Å². The summed E-state index contributed by atoms with van der Waals surface area (Å²) in [7, 11) is 0. The second-order valence-electron chi connectivity index (χ2n) is 7.32. The van der Waals surface area contributed by atoms with Crippen LogP contribution in [0, 0.1) is 20.8 Å². The number of nitrogens with one attached hydrogen (secondary N) is 2. The van der Waals surface area contributed by atoms with E-state index >= 15 is 0 Å². The number of aryl methyl sites for hydroxylation is 3. The number of anilines is 1. The van der Waals surface area contributed by atoms with Gasteiger partial charge in [-0.05, 0) is 62.6 Å². The fourth-order valence-electron chi connectivity index (χ4n) is 3.42. The van der Waals surface area contributed by atoms with E-state index in [4.69, 9.17) is 4.74 Å². The van der Waals surface area contributed by atoms with Crippen molar-refractivity contribution in [3.63, 3.8) is 0 Å². The minimum absolute atomic E-state index is 0.0769. The molecule has 3 aromatic rings. The van der Waals surface area contributed by atoms with E-state index in [-0.39, 0.29) is 11.9 Å². The van der Waals surface area contributed by atoms with E-state index in [1.165, 1.54) is 11.8 Å². The van der Waals surface area contributed by atoms with E-state index < -0.39 is 5.25 Å². The lowest BCUT2D eigenvalue weighted by Gasteiger charge is -2.33. The van der Waals surface area contributed by atoms with Crippen molar-refractivity contribution in [1.29, 1.82) is 0 Å². The molecule has 0 radical (unpaired) electrons. The highest BCUT2D eigenvalue weighted by Crippen LogP contribution is 2.38. The molecule has 8 heteroatoms. The average Bonchev–Trinajstić information content (AvgIpc) is 3.10. The van der Waals surface area contributed by atoms with Gasteiger partial charge in [0.15, 0.2) is 0 Å². The van der Waals surface area contributed by atoms with Crippen LogP contribution in [0.3, 0.4) is 0 Å². The normalized spacial score (nSPS) is 17.7. The zero-order valence-electron chi connectivity index (χ0n) is 17.5. The first-order valence-corrected chi connectivity index (χ1v) is 10.8. The molecule has 2 N–H and O–H groups in total. The Morgan fingerprint density at radius 1 is 1.17 bits per heavy atom. The minimum atomic E-state index is -0.418. The van der Waals surface area contributed by atoms with Crippen molar-refractivity contribution in [1.82, 2.24) is 14.9 Å². The van der Waals surface area contributed by atoms with Crippen LogP contribution in [0.1, 0.15) is 35.5 Å². The summed E-state index contributed by atoms with van der Waals surface area (Å²) in [5, 5.41) is 11.7. The van der Waals surface area contributed by atoms with E-state index in [1.807, 2.05) is 74.8 Å². The van der Waals surface area contributed by atoms with Crippen LogP contribution in [0.4, 0.5) is 5.69 Å². The van der Waals surface area contributed by atoms with Gasteiger partial charge in [-0.15, -0.1) is 10.2 Å². The molecule has 0 saturated carbocycles. The number of hydrogen-bond acceptors (Lipinski definition) is 6. The van der Waals surface area contributed by atoms with Crippen LogP contribution < -0.4 is 15.5 Å². The molecule has 2 atom stereocenters. The summed E-state index contributed by atoms with van der Waals surface area (Å²) in [6, 6.07) is 13.6. The van der Waals surface area contributed by atoms with Crippen LogP contribution >= 0.6 is 11.8 Å². The molecule has 1 amide bonds. The molecule has 0 spiro atoms. The Morgan fingerprint density at radius 3 is 2.67 bits per heavy atom. The largest absolute Gasteiger partial charge is 0.494 e. The fraction of sp³-hybridized carbons (Fsp3) is 0.318. The van der Waals surface area contributed by atoms with Gasteiger partial charge in [0.2, 0.25) is 11.1 Å². The van der Waals surface area contributed by atoms with Crippen molar-refractivity contribution in [2.24, 2.45) is 0 Å². The van der Waals surface area contributed by atoms with Gasteiger partial charge in [0.1, 0.15) is 16.8 Å². The molecule has 0 aliphatic carbocycles. The Balaban J connectivity index is 1.65. The number of amides is 1. The second kappa shape index (κ2) is 8.39. The first-order chi connectivity index (χ1) is 14.5. The Kier molecular flexibility index (Phi) is 5.67. The predicted octanol–water partition coefficient (Wildman–Crippen LogP) is 4.00. The molecule has 1 aliphatic rings. The van der Waals surface area contributed by atoms with E-state index in [0.29, 0.717) is 11.8 Å². The number of nitrogens with zero attached hydrogens (tertiary/aromatic N) is 3. The number of carbonyl (C=O) groups is 1. The van der Waals surface area contributed by atoms with Crippen molar-refractivity contribution in [2.45, 2.75) is 44.1 Å². The molecule has 0 saturated heterocycles. The molecule has 30 heavy (non-hydrogen) atoms. The summed E-state index contributed by atoms with van der Waals surface area (Å²) >= 11 is 1.42. The number of aromatic nitrogens is 3. The van der Waals surface area contributed by atoms with Gasteiger partial charge in [0, 0.05) is 5.69 Å². The first-order valence-electron chi connectivity index (χ1n) is 9.92. The van der Waals surface area contributed by atoms with Crippen molar-refractivity contribution in [3.8, 4) is 5.75 Å². The van der Waals surface area contributed by atoms with Gasteiger partial charge in [-0.1, -0.05) is 36.0 Å². The lowest BCUT2D eigenvalue weighted by Crippen LogP contribution is -2.41. The number of thioether (sulfide) groups is 1. The molecule has 0 fully saturated rings.